The van der Waals surface area contributed by atoms with E-state index in [0.717, 1.165) is 10.9 Å². The van der Waals surface area contributed by atoms with E-state index in [2.05, 4.69) is 10.3 Å². The average Bonchev–Trinajstić information content (AvgIpc) is 2.90. The molecule has 20 heavy (non-hydrogen) atoms. The van der Waals surface area contributed by atoms with Gasteiger partial charge in [0.1, 0.15) is 0 Å². The number of nitrogens with one attached hydrogen (secondary N) is 2. The van der Waals surface area contributed by atoms with Crippen LogP contribution in [0.5, 0.6) is 0 Å². The van der Waals surface area contributed by atoms with Crippen LogP contribution in [0.3, 0.4) is 0 Å². The number of para-hydroxylation sites is 1. The number of carboxylic acids is 1. The highest BCUT2D eigenvalue weighted by Crippen LogP contribution is 2.16. The van der Waals surface area contributed by atoms with Crippen LogP contribution in [0.25, 0.3) is 10.9 Å². The topological polar surface area (TPSA) is 82.2 Å². The van der Waals surface area contributed by atoms with Crippen LogP contribution < -0.4 is 5.32 Å². The maximum Gasteiger partial charge on any atom is 0.303 e. The zero-order chi connectivity index (χ0) is 14.5. The lowest BCUT2D eigenvalue weighted by Gasteiger charge is -2.12. The van der Waals surface area contributed by atoms with Gasteiger partial charge in [-0.05, 0) is 24.5 Å². The molecule has 0 bridgehead atoms. The average molecular weight is 274 g/mol. The monoisotopic (exact) mass is 274 g/mol. The van der Waals surface area contributed by atoms with Crippen LogP contribution in [0, 0.1) is 5.92 Å². The number of H-pyrrole nitrogens is 1. The van der Waals surface area contributed by atoms with Crippen molar-refractivity contribution in [2.24, 2.45) is 5.92 Å². The van der Waals surface area contributed by atoms with Crippen LogP contribution in [0.2, 0.25) is 0 Å². The maximum atomic E-state index is 12.2. The second-order valence-electron chi connectivity index (χ2n) is 5.00. The number of fused-ring (bicyclic) bond motifs is 1. The van der Waals surface area contributed by atoms with Gasteiger partial charge in [0.25, 0.3) is 5.91 Å². The summed E-state index contributed by atoms with van der Waals surface area (Å²) in [4.78, 5) is 25.7. The van der Waals surface area contributed by atoms with Gasteiger partial charge in [0.2, 0.25) is 0 Å². The predicted octanol–water partition coefficient (Wildman–Crippen LogP) is 2.40. The van der Waals surface area contributed by atoms with E-state index in [0.29, 0.717) is 18.5 Å². The lowest BCUT2D eigenvalue weighted by Crippen LogP contribution is -2.28. The van der Waals surface area contributed by atoms with Gasteiger partial charge in [-0.1, -0.05) is 19.1 Å². The first-order chi connectivity index (χ1) is 9.58. The standard InChI is InChI=1S/C15H18N2O3/c1-10(5-6-13(18)19)9-17-15(20)12-4-2-3-11-7-8-16-14(11)12/h2-4,7-8,10,16H,5-6,9H2,1H3,(H,17,20)(H,18,19). The van der Waals surface area contributed by atoms with Crippen molar-refractivity contribution in [3.63, 3.8) is 0 Å². The Morgan fingerprint density at radius 1 is 1.35 bits per heavy atom. The number of hydrogen-bond donors (Lipinski definition) is 3. The van der Waals surface area contributed by atoms with Crippen LogP contribution in [0.1, 0.15) is 30.1 Å². The zero-order valence-electron chi connectivity index (χ0n) is 11.3. The molecular formula is C15H18N2O3. The normalized spacial score (nSPS) is 12.2. The number of carboxylic acid groups (broad SMARTS) is 1. The third-order valence-corrected chi connectivity index (χ3v) is 3.29. The fourth-order valence-electron chi connectivity index (χ4n) is 2.11. The van der Waals surface area contributed by atoms with Gasteiger partial charge in [-0.15, -0.1) is 0 Å². The van der Waals surface area contributed by atoms with Gasteiger partial charge < -0.3 is 15.4 Å². The van der Waals surface area contributed by atoms with Crippen molar-refractivity contribution in [2.75, 3.05) is 6.54 Å². The molecule has 1 aromatic heterocycles. The Morgan fingerprint density at radius 2 is 2.15 bits per heavy atom. The molecule has 0 spiro atoms. The number of amides is 1. The van der Waals surface area contributed by atoms with Crippen molar-refractivity contribution < 1.29 is 14.7 Å². The second kappa shape index (κ2) is 6.23. The molecule has 2 rings (SSSR count). The fraction of sp³-hybridized carbons (Fsp3) is 0.333. The summed E-state index contributed by atoms with van der Waals surface area (Å²) in [6.45, 7) is 2.40. The van der Waals surface area contributed by atoms with E-state index in [1.165, 1.54) is 0 Å². The second-order valence-corrected chi connectivity index (χ2v) is 5.00. The Bertz CT molecular complexity index is 618. The molecule has 0 aliphatic rings. The molecule has 0 aliphatic carbocycles. The Morgan fingerprint density at radius 3 is 2.90 bits per heavy atom. The number of aliphatic carboxylic acids is 1. The minimum Gasteiger partial charge on any atom is -0.481 e. The Hall–Kier alpha value is -2.30. The summed E-state index contributed by atoms with van der Waals surface area (Å²) >= 11 is 0. The van der Waals surface area contributed by atoms with Gasteiger partial charge in [0, 0.05) is 24.5 Å². The molecule has 1 unspecified atom stereocenters. The smallest absolute Gasteiger partial charge is 0.303 e. The van der Waals surface area contributed by atoms with Crippen LogP contribution in [-0.2, 0) is 4.79 Å². The molecule has 2 aromatic rings. The molecule has 1 atom stereocenters. The highest BCUT2D eigenvalue weighted by Gasteiger charge is 2.12. The van der Waals surface area contributed by atoms with Crippen LogP contribution in [0.15, 0.2) is 30.5 Å². The molecule has 0 radical (unpaired) electrons. The molecule has 5 nitrogen and oxygen atoms in total. The first-order valence-electron chi connectivity index (χ1n) is 6.64. The largest absolute Gasteiger partial charge is 0.481 e. The van der Waals surface area contributed by atoms with E-state index in [1.54, 1.807) is 12.3 Å². The molecule has 1 heterocycles. The molecule has 0 saturated carbocycles. The molecule has 3 N–H and O–H groups in total. The highest BCUT2D eigenvalue weighted by molar-refractivity contribution is 6.05. The van der Waals surface area contributed by atoms with E-state index < -0.39 is 5.97 Å². The molecule has 1 amide bonds. The highest BCUT2D eigenvalue weighted by atomic mass is 16.4. The van der Waals surface area contributed by atoms with Crippen LogP contribution in [-0.4, -0.2) is 28.5 Å². The summed E-state index contributed by atoms with van der Waals surface area (Å²) in [5.41, 5.74) is 1.43. The van der Waals surface area contributed by atoms with Crippen molar-refractivity contribution in [3.05, 3.63) is 36.0 Å². The number of carbonyl (C=O) groups is 2. The number of hydrogen-bond acceptors (Lipinski definition) is 2. The SMILES string of the molecule is CC(CCC(=O)O)CNC(=O)c1cccc2cc[nH]c12. The number of aromatic nitrogens is 1. The third kappa shape index (κ3) is 3.38. The lowest BCUT2D eigenvalue weighted by atomic mass is 10.1. The lowest BCUT2D eigenvalue weighted by molar-refractivity contribution is -0.137. The molecular weight excluding hydrogens is 256 g/mol. The summed E-state index contributed by atoms with van der Waals surface area (Å²) in [5, 5.41) is 12.5. The number of rotatable bonds is 6. The number of benzene rings is 1. The van der Waals surface area contributed by atoms with Crippen molar-refractivity contribution >= 4 is 22.8 Å². The maximum absolute atomic E-state index is 12.2. The van der Waals surface area contributed by atoms with Crippen molar-refractivity contribution in [1.82, 2.24) is 10.3 Å². The predicted molar refractivity (Wildman–Crippen MR) is 76.7 cm³/mol. The summed E-state index contributed by atoms with van der Waals surface area (Å²) in [6.07, 6.45) is 2.49. The van der Waals surface area contributed by atoms with Crippen molar-refractivity contribution in [1.29, 1.82) is 0 Å². The summed E-state index contributed by atoms with van der Waals surface area (Å²) in [5.74, 6) is -0.808. The van der Waals surface area contributed by atoms with Gasteiger partial charge in [0.15, 0.2) is 0 Å². The van der Waals surface area contributed by atoms with Gasteiger partial charge in [0.05, 0.1) is 11.1 Å². The van der Waals surface area contributed by atoms with Gasteiger partial charge in [-0.3, -0.25) is 9.59 Å². The molecule has 0 fully saturated rings. The summed E-state index contributed by atoms with van der Waals surface area (Å²) in [7, 11) is 0. The molecule has 0 aliphatic heterocycles. The van der Waals surface area contributed by atoms with Crippen LogP contribution in [0.4, 0.5) is 0 Å². The molecule has 1 aromatic carbocycles. The Kier molecular flexibility index (Phi) is 4.40. The first-order valence-corrected chi connectivity index (χ1v) is 6.64. The molecule has 5 heteroatoms. The van der Waals surface area contributed by atoms with Crippen molar-refractivity contribution in [3.8, 4) is 0 Å². The van der Waals surface area contributed by atoms with E-state index in [9.17, 15) is 9.59 Å². The van der Waals surface area contributed by atoms with Gasteiger partial charge in [-0.2, -0.15) is 0 Å². The minimum absolute atomic E-state index is 0.128. The number of aromatic amines is 1. The molecule has 106 valence electrons. The zero-order valence-corrected chi connectivity index (χ0v) is 11.3. The van der Waals surface area contributed by atoms with E-state index >= 15 is 0 Å². The van der Waals surface area contributed by atoms with E-state index in [-0.39, 0.29) is 18.2 Å². The minimum atomic E-state index is -0.806. The number of carbonyl (C=O) groups excluding carboxylic acids is 1. The van der Waals surface area contributed by atoms with Crippen LogP contribution >= 0.6 is 0 Å². The Balaban J connectivity index is 1.95. The fourth-order valence-corrected chi connectivity index (χ4v) is 2.11. The van der Waals surface area contributed by atoms with Gasteiger partial charge >= 0.3 is 5.97 Å². The first kappa shape index (κ1) is 14.1. The van der Waals surface area contributed by atoms with E-state index in [4.69, 9.17) is 5.11 Å². The third-order valence-electron chi connectivity index (χ3n) is 3.29. The van der Waals surface area contributed by atoms with E-state index in [1.807, 2.05) is 25.1 Å². The Labute approximate surface area is 117 Å². The quantitative estimate of drug-likeness (QED) is 0.756. The van der Waals surface area contributed by atoms with Crippen molar-refractivity contribution in [2.45, 2.75) is 19.8 Å². The molecule has 0 saturated heterocycles. The summed E-state index contributed by atoms with van der Waals surface area (Å²) in [6, 6.07) is 7.48. The van der Waals surface area contributed by atoms with Gasteiger partial charge in [-0.25, -0.2) is 0 Å². The summed E-state index contributed by atoms with van der Waals surface area (Å²) < 4.78 is 0.